The number of fused-ring (bicyclic) bond motifs is 1. The first kappa shape index (κ1) is 17.7. The smallest absolute Gasteiger partial charge is 0.258 e. The van der Waals surface area contributed by atoms with Crippen molar-refractivity contribution in [1.29, 1.82) is 0 Å². The molecule has 3 heterocycles. The molecule has 4 rings (SSSR count). The number of carbonyl (C=O) groups is 1. The SMILES string of the molecule is COc1ccc(OC)c(C(=O)N2CCc3nc([C@H]4CCCN4)ncc3C2)c1. The molecule has 1 aromatic carbocycles. The molecule has 2 aliphatic heterocycles. The van der Waals surface area contributed by atoms with Crippen molar-refractivity contribution in [2.45, 2.75) is 31.8 Å². The summed E-state index contributed by atoms with van der Waals surface area (Å²) in [5.41, 5.74) is 2.57. The Hall–Kier alpha value is -2.67. The molecule has 1 saturated heterocycles. The Morgan fingerprint density at radius 3 is 2.93 bits per heavy atom. The summed E-state index contributed by atoms with van der Waals surface area (Å²) in [5.74, 6) is 1.98. The number of nitrogens with one attached hydrogen (secondary N) is 1. The monoisotopic (exact) mass is 368 g/mol. The number of hydrogen-bond acceptors (Lipinski definition) is 6. The molecule has 1 fully saturated rings. The van der Waals surface area contributed by atoms with E-state index >= 15 is 0 Å². The zero-order chi connectivity index (χ0) is 18.8. The highest BCUT2D eigenvalue weighted by Crippen LogP contribution is 2.28. The number of benzene rings is 1. The molecular formula is C20H24N4O3. The molecule has 7 heteroatoms. The normalized spacial score (nSPS) is 18.9. The van der Waals surface area contributed by atoms with Gasteiger partial charge in [0.15, 0.2) is 0 Å². The molecule has 27 heavy (non-hydrogen) atoms. The van der Waals surface area contributed by atoms with Crippen LogP contribution in [0.5, 0.6) is 11.5 Å². The third kappa shape index (κ3) is 3.47. The van der Waals surface area contributed by atoms with Gasteiger partial charge in [-0.1, -0.05) is 0 Å². The number of methoxy groups -OCH3 is 2. The van der Waals surface area contributed by atoms with Crippen molar-refractivity contribution in [1.82, 2.24) is 20.2 Å². The highest BCUT2D eigenvalue weighted by Gasteiger charge is 2.27. The van der Waals surface area contributed by atoms with Gasteiger partial charge in [0.25, 0.3) is 5.91 Å². The third-order valence-corrected chi connectivity index (χ3v) is 5.25. The molecule has 2 aromatic rings. The van der Waals surface area contributed by atoms with Crippen LogP contribution in [0.1, 0.15) is 46.3 Å². The van der Waals surface area contributed by atoms with Gasteiger partial charge in [0, 0.05) is 31.3 Å². The Bertz CT molecular complexity index is 849. The minimum Gasteiger partial charge on any atom is -0.497 e. The van der Waals surface area contributed by atoms with Crippen molar-refractivity contribution in [2.75, 3.05) is 27.3 Å². The first-order valence-electron chi connectivity index (χ1n) is 9.29. The van der Waals surface area contributed by atoms with E-state index < -0.39 is 0 Å². The van der Waals surface area contributed by atoms with Gasteiger partial charge >= 0.3 is 0 Å². The molecule has 1 atom stereocenters. The van der Waals surface area contributed by atoms with Gasteiger partial charge in [-0.25, -0.2) is 9.97 Å². The number of ether oxygens (including phenoxy) is 2. The quantitative estimate of drug-likeness (QED) is 0.891. The summed E-state index contributed by atoms with van der Waals surface area (Å²) in [7, 11) is 3.15. The van der Waals surface area contributed by atoms with Crippen molar-refractivity contribution in [3.8, 4) is 11.5 Å². The van der Waals surface area contributed by atoms with E-state index in [-0.39, 0.29) is 11.9 Å². The molecule has 1 amide bonds. The number of rotatable bonds is 4. The summed E-state index contributed by atoms with van der Waals surface area (Å²) < 4.78 is 10.6. The maximum Gasteiger partial charge on any atom is 0.258 e. The van der Waals surface area contributed by atoms with Crippen LogP contribution in [0.25, 0.3) is 0 Å². The van der Waals surface area contributed by atoms with Gasteiger partial charge in [-0.15, -0.1) is 0 Å². The van der Waals surface area contributed by atoms with Crippen molar-refractivity contribution >= 4 is 5.91 Å². The van der Waals surface area contributed by atoms with E-state index in [1.165, 1.54) is 0 Å². The second-order valence-corrected chi connectivity index (χ2v) is 6.89. The van der Waals surface area contributed by atoms with Crippen LogP contribution < -0.4 is 14.8 Å². The fourth-order valence-corrected chi connectivity index (χ4v) is 3.73. The van der Waals surface area contributed by atoms with Crippen LogP contribution in [-0.4, -0.2) is 48.1 Å². The lowest BCUT2D eigenvalue weighted by Crippen LogP contribution is -2.37. The van der Waals surface area contributed by atoms with Crippen molar-refractivity contribution in [3.63, 3.8) is 0 Å². The average Bonchev–Trinajstić information content (AvgIpc) is 3.27. The highest BCUT2D eigenvalue weighted by molar-refractivity contribution is 5.97. The zero-order valence-corrected chi connectivity index (χ0v) is 15.7. The molecule has 0 spiro atoms. The first-order chi connectivity index (χ1) is 13.2. The van der Waals surface area contributed by atoms with Gasteiger partial charge in [0.2, 0.25) is 0 Å². The number of amides is 1. The maximum atomic E-state index is 13.1. The van der Waals surface area contributed by atoms with Crippen molar-refractivity contribution in [2.24, 2.45) is 0 Å². The van der Waals surface area contributed by atoms with E-state index in [0.29, 0.717) is 30.2 Å². The summed E-state index contributed by atoms with van der Waals surface area (Å²) in [4.78, 5) is 24.2. The molecule has 0 radical (unpaired) electrons. The van der Waals surface area contributed by atoms with Crippen molar-refractivity contribution in [3.05, 3.63) is 47.0 Å². The summed E-state index contributed by atoms with van der Waals surface area (Å²) >= 11 is 0. The molecular weight excluding hydrogens is 344 g/mol. The topological polar surface area (TPSA) is 76.6 Å². The van der Waals surface area contributed by atoms with Crippen LogP contribution in [0.2, 0.25) is 0 Å². The second-order valence-electron chi connectivity index (χ2n) is 6.89. The van der Waals surface area contributed by atoms with Crippen LogP contribution in [0.15, 0.2) is 24.4 Å². The lowest BCUT2D eigenvalue weighted by Gasteiger charge is -2.29. The fraction of sp³-hybridized carbons (Fsp3) is 0.450. The number of aromatic nitrogens is 2. The van der Waals surface area contributed by atoms with Crippen LogP contribution in [0.3, 0.4) is 0 Å². The van der Waals surface area contributed by atoms with Crippen molar-refractivity contribution < 1.29 is 14.3 Å². The second kappa shape index (κ2) is 7.52. The number of carbonyl (C=O) groups excluding carboxylic acids is 1. The predicted molar refractivity (Wildman–Crippen MR) is 100 cm³/mol. The minimum atomic E-state index is -0.0714. The van der Waals surface area contributed by atoms with E-state index in [2.05, 4.69) is 10.3 Å². The number of nitrogens with zero attached hydrogens (tertiary/aromatic N) is 3. The number of hydrogen-bond donors (Lipinski definition) is 1. The Kier molecular flexibility index (Phi) is 4.94. The lowest BCUT2D eigenvalue weighted by atomic mass is 10.0. The Labute approximate surface area is 158 Å². The molecule has 0 bridgehead atoms. The maximum absolute atomic E-state index is 13.1. The van der Waals surface area contributed by atoms with E-state index in [1.54, 1.807) is 32.4 Å². The summed E-state index contributed by atoms with van der Waals surface area (Å²) in [6.45, 7) is 2.16. The Morgan fingerprint density at radius 2 is 2.19 bits per heavy atom. The van der Waals surface area contributed by atoms with Gasteiger partial charge in [-0.2, -0.15) is 0 Å². The minimum absolute atomic E-state index is 0.0714. The lowest BCUT2D eigenvalue weighted by molar-refractivity contribution is 0.0729. The average molecular weight is 368 g/mol. The summed E-state index contributed by atoms with van der Waals surface area (Å²) in [5, 5.41) is 3.44. The van der Waals surface area contributed by atoms with Gasteiger partial charge in [0.05, 0.1) is 31.5 Å². The Balaban J connectivity index is 1.55. The summed E-state index contributed by atoms with van der Waals surface area (Å²) in [6.07, 6.45) is 4.85. The van der Waals surface area contributed by atoms with Crippen LogP contribution >= 0.6 is 0 Å². The van der Waals surface area contributed by atoms with E-state index in [1.807, 2.05) is 11.1 Å². The van der Waals surface area contributed by atoms with E-state index in [0.717, 1.165) is 42.9 Å². The summed E-state index contributed by atoms with van der Waals surface area (Å²) in [6, 6.07) is 5.53. The molecule has 2 aliphatic rings. The third-order valence-electron chi connectivity index (χ3n) is 5.25. The van der Waals surface area contributed by atoms with Gasteiger partial charge < -0.3 is 19.7 Å². The fourth-order valence-electron chi connectivity index (χ4n) is 3.73. The van der Waals surface area contributed by atoms with Gasteiger partial charge in [-0.3, -0.25) is 4.79 Å². The van der Waals surface area contributed by atoms with Crippen LogP contribution in [-0.2, 0) is 13.0 Å². The molecule has 1 aromatic heterocycles. The standard InChI is InChI=1S/C20H24N4O3/c1-26-14-5-6-18(27-2)15(10-14)20(25)24-9-7-16-13(12-24)11-22-19(23-16)17-4-3-8-21-17/h5-6,10-11,17,21H,3-4,7-9,12H2,1-2H3/t17-/m1/s1. The molecule has 0 aliphatic carbocycles. The van der Waals surface area contributed by atoms with Crippen LogP contribution in [0.4, 0.5) is 0 Å². The zero-order valence-electron chi connectivity index (χ0n) is 15.7. The molecule has 7 nitrogen and oxygen atoms in total. The van der Waals surface area contributed by atoms with E-state index in [9.17, 15) is 4.79 Å². The molecule has 1 N–H and O–H groups in total. The molecule has 142 valence electrons. The van der Waals surface area contributed by atoms with E-state index in [4.69, 9.17) is 14.5 Å². The van der Waals surface area contributed by atoms with Gasteiger partial charge in [-0.05, 0) is 37.6 Å². The molecule has 0 unspecified atom stereocenters. The first-order valence-corrected chi connectivity index (χ1v) is 9.29. The van der Waals surface area contributed by atoms with Crippen LogP contribution in [0, 0.1) is 0 Å². The predicted octanol–water partition coefficient (Wildman–Crippen LogP) is 2.12. The molecule has 0 saturated carbocycles. The highest BCUT2D eigenvalue weighted by atomic mass is 16.5. The van der Waals surface area contributed by atoms with Gasteiger partial charge in [0.1, 0.15) is 17.3 Å². The Morgan fingerprint density at radius 1 is 1.30 bits per heavy atom. The largest absolute Gasteiger partial charge is 0.497 e.